The van der Waals surface area contributed by atoms with E-state index in [-0.39, 0.29) is 6.92 Å². The first-order valence-electron chi connectivity index (χ1n) is 7.88. The molecule has 0 saturated heterocycles. The highest BCUT2D eigenvalue weighted by atomic mass is 19.3. The number of alkyl halides is 6. The van der Waals surface area contributed by atoms with E-state index in [2.05, 4.69) is 4.74 Å². The Morgan fingerprint density at radius 3 is 1.60 bits per heavy atom. The molecule has 0 bridgehead atoms. The highest BCUT2D eigenvalue weighted by Gasteiger charge is 2.66. The molecule has 0 rings (SSSR count). The van der Waals surface area contributed by atoms with E-state index in [1.165, 1.54) is 6.92 Å². The van der Waals surface area contributed by atoms with Crippen molar-refractivity contribution in [3.8, 4) is 0 Å². The molecule has 9 heteroatoms. The number of hydrogen-bond donors (Lipinski definition) is 1. The first-order chi connectivity index (χ1) is 11.0. The van der Waals surface area contributed by atoms with Gasteiger partial charge in [0.15, 0.2) is 11.3 Å². The van der Waals surface area contributed by atoms with Gasteiger partial charge in [-0.3, -0.25) is 0 Å². The van der Waals surface area contributed by atoms with Crippen molar-refractivity contribution in [2.24, 2.45) is 11.8 Å². The van der Waals surface area contributed by atoms with Crippen LogP contribution in [0.1, 0.15) is 41.5 Å². The molecule has 0 spiro atoms. The van der Waals surface area contributed by atoms with Crippen molar-refractivity contribution in [1.29, 1.82) is 0 Å². The van der Waals surface area contributed by atoms with Crippen molar-refractivity contribution in [2.75, 3.05) is 13.9 Å². The minimum atomic E-state index is -4.31. The van der Waals surface area contributed by atoms with Gasteiger partial charge in [-0.1, -0.05) is 13.8 Å². The number of methoxy groups -OCH3 is 1. The van der Waals surface area contributed by atoms with Gasteiger partial charge >= 0.3 is 5.92 Å². The first-order valence-corrected chi connectivity index (χ1v) is 7.88. The second-order valence-electron chi connectivity index (χ2n) is 6.90. The zero-order chi connectivity index (χ0) is 20.4. The molecule has 0 aromatic rings. The largest absolute Gasteiger partial charge is 0.375 e. The predicted octanol–water partition coefficient (Wildman–Crippen LogP) is 4.38. The number of hydrogen-bond acceptors (Lipinski definition) is 3. The summed E-state index contributed by atoms with van der Waals surface area (Å²) in [6.07, 6.45) is -3.56. The molecule has 25 heavy (non-hydrogen) atoms. The van der Waals surface area contributed by atoms with Gasteiger partial charge in [0.25, 0.3) is 5.92 Å². The average Bonchev–Trinajstić information content (AvgIpc) is 2.45. The minimum absolute atomic E-state index is 0.267. The van der Waals surface area contributed by atoms with Crippen LogP contribution in [0, 0.1) is 11.8 Å². The van der Waals surface area contributed by atoms with E-state index in [0.29, 0.717) is 13.8 Å². The summed E-state index contributed by atoms with van der Waals surface area (Å²) in [5, 5.41) is 8.70. The van der Waals surface area contributed by atoms with E-state index < -0.39 is 54.0 Å². The summed E-state index contributed by atoms with van der Waals surface area (Å²) in [6, 6.07) is 0. The zero-order valence-electron chi connectivity index (χ0n) is 15.5. The molecular formula is C16H28F6O3. The molecular weight excluding hydrogens is 354 g/mol. The summed E-state index contributed by atoms with van der Waals surface area (Å²) in [5.41, 5.74) is -6.64. The third kappa shape index (κ3) is 4.60. The van der Waals surface area contributed by atoms with Gasteiger partial charge in [0, 0.05) is 25.9 Å². The van der Waals surface area contributed by atoms with Crippen molar-refractivity contribution < 1.29 is 40.9 Å². The molecule has 0 aromatic heterocycles. The fourth-order valence-electron chi connectivity index (χ4n) is 2.63. The SMILES string of the molecule is COC(C(C)C(C)(F)C(C)(F)F)C(F)(F)C(C)(F)C(C)C(C)OCO. The van der Waals surface area contributed by atoms with Gasteiger partial charge in [-0.05, 0) is 20.8 Å². The Kier molecular flexibility index (Phi) is 7.83. The van der Waals surface area contributed by atoms with Crippen LogP contribution in [0.4, 0.5) is 26.3 Å². The predicted molar refractivity (Wildman–Crippen MR) is 81.4 cm³/mol. The standard InChI is InChI=1S/C16H28F6O3/c1-9(11(3)25-8-23)14(5,18)16(21,22)12(24-7)10(2)13(4,17)15(6,19)20/h9-12,23H,8H2,1-7H3. The zero-order valence-corrected chi connectivity index (χ0v) is 15.5. The van der Waals surface area contributed by atoms with Crippen molar-refractivity contribution in [3.05, 3.63) is 0 Å². The van der Waals surface area contributed by atoms with Crippen LogP contribution in [0.3, 0.4) is 0 Å². The number of aliphatic hydroxyl groups is 1. The molecule has 3 nitrogen and oxygen atoms in total. The van der Waals surface area contributed by atoms with E-state index >= 15 is 4.39 Å². The molecule has 0 aliphatic heterocycles. The van der Waals surface area contributed by atoms with Gasteiger partial charge in [0.05, 0.1) is 6.10 Å². The molecule has 0 amide bonds. The molecule has 6 unspecified atom stereocenters. The van der Waals surface area contributed by atoms with Crippen molar-refractivity contribution in [3.63, 3.8) is 0 Å². The van der Waals surface area contributed by atoms with Crippen molar-refractivity contribution in [1.82, 2.24) is 0 Å². The maximum Gasteiger partial charge on any atom is 0.307 e. The average molecular weight is 382 g/mol. The third-order valence-corrected chi connectivity index (χ3v) is 5.33. The molecule has 0 aliphatic rings. The molecule has 152 valence electrons. The second kappa shape index (κ2) is 8.00. The van der Waals surface area contributed by atoms with Crippen LogP contribution in [0.5, 0.6) is 0 Å². The van der Waals surface area contributed by atoms with Crippen LogP contribution in [0.15, 0.2) is 0 Å². The van der Waals surface area contributed by atoms with E-state index in [1.54, 1.807) is 0 Å². The molecule has 0 fully saturated rings. The molecule has 6 atom stereocenters. The van der Waals surface area contributed by atoms with Gasteiger partial charge in [0.2, 0.25) is 0 Å². The van der Waals surface area contributed by atoms with Crippen LogP contribution in [-0.2, 0) is 9.47 Å². The Hall–Kier alpha value is -0.540. The van der Waals surface area contributed by atoms with Crippen molar-refractivity contribution in [2.45, 2.75) is 76.9 Å². The smallest absolute Gasteiger partial charge is 0.307 e. The van der Waals surface area contributed by atoms with Gasteiger partial charge in [-0.2, -0.15) is 0 Å². The maximum atomic E-state index is 15.0. The van der Waals surface area contributed by atoms with Gasteiger partial charge in [0.1, 0.15) is 12.9 Å². The molecule has 0 heterocycles. The number of halogens is 6. The Morgan fingerprint density at radius 1 is 0.840 bits per heavy atom. The lowest BCUT2D eigenvalue weighted by atomic mass is 9.74. The Labute approximate surface area is 144 Å². The molecule has 0 aliphatic carbocycles. The lowest BCUT2D eigenvalue weighted by molar-refractivity contribution is -0.263. The lowest BCUT2D eigenvalue weighted by Gasteiger charge is -2.45. The Balaban J connectivity index is 5.84. The summed E-state index contributed by atoms with van der Waals surface area (Å²) in [5.74, 6) is -11.7. The Morgan fingerprint density at radius 2 is 1.28 bits per heavy atom. The number of ether oxygens (including phenoxy) is 2. The Bertz CT molecular complexity index is 423. The summed E-state index contributed by atoms with van der Waals surface area (Å²) < 4.78 is 95.5. The van der Waals surface area contributed by atoms with Crippen LogP contribution >= 0.6 is 0 Å². The fraction of sp³-hybridized carbons (Fsp3) is 1.00. The fourth-order valence-corrected chi connectivity index (χ4v) is 2.63. The normalized spacial score (nSPS) is 23.3. The van der Waals surface area contributed by atoms with Gasteiger partial charge in [-0.15, -0.1) is 0 Å². The topological polar surface area (TPSA) is 38.7 Å². The maximum absolute atomic E-state index is 15.0. The summed E-state index contributed by atoms with van der Waals surface area (Å²) in [7, 11) is 0.785. The van der Waals surface area contributed by atoms with Gasteiger partial charge < -0.3 is 14.6 Å². The molecule has 1 N–H and O–H groups in total. The third-order valence-electron chi connectivity index (χ3n) is 5.33. The van der Waals surface area contributed by atoms with Crippen LogP contribution in [0.25, 0.3) is 0 Å². The van der Waals surface area contributed by atoms with Gasteiger partial charge in [-0.25, -0.2) is 26.3 Å². The quantitative estimate of drug-likeness (QED) is 0.450. The number of rotatable bonds is 10. The molecule has 0 aromatic carbocycles. The first kappa shape index (κ1) is 24.5. The second-order valence-corrected chi connectivity index (χ2v) is 6.90. The van der Waals surface area contributed by atoms with Crippen LogP contribution in [-0.4, -0.2) is 54.4 Å². The molecule has 0 radical (unpaired) electrons. The highest BCUT2D eigenvalue weighted by Crippen LogP contribution is 2.49. The van der Waals surface area contributed by atoms with E-state index in [1.807, 2.05) is 0 Å². The molecule has 0 saturated carbocycles. The van der Waals surface area contributed by atoms with Crippen LogP contribution < -0.4 is 0 Å². The van der Waals surface area contributed by atoms with Crippen molar-refractivity contribution >= 4 is 0 Å². The van der Waals surface area contributed by atoms with Crippen LogP contribution in [0.2, 0.25) is 0 Å². The van der Waals surface area contributed by atoms with E-state index in [4.69, 9.17) is 9.84 Å². The summed E-state index contributed by atoms with van der Waals surface area (Å²) >= 11 is 0. The highest BCUT2D eigenvalue weighted by molar-refractivity contribution is 5.06. The minimum Gasteiger partial charge on any atom is -0.375 e. The lowest BCUT2D eigenvalue weighted by Crippen LogP contribution is -2.62. The summed E-state index contributed by atoms with van der Waals surface area (Å²) in [4.78, 5) is 0. The van der Waals surface area contributed by atoms with E-state index in [0.717, 1.165) is 21.0 Å². The number of aliphatic hydroxyl groups excluding tert-OH is 1. The van der Waals surface area contributed by atoms with E-state index in [9.17, 15) is 22.0 Å². The monoisotopic (exact) mass is 382 g/mol. The summed E-state index contributed by atoms with van der Waals surface area (Å²) in [6.45, 7) is 3.75.